The van der Waals surface area contributed by atoms with Crippen molar-refractivity contribution < 1.29 is 0 Å². The summed E-state index contributed by atoms with van der Waals surface area (Å²) in [5, 5.41) is 8.81. The smallest absolute Gasteiger partial charge is 0.225 e. The Hall–Kier alpha value is -1.59. The molecule has 20 heavy (non-hydrogen) atoms. The maximum atomic E-state index is 5.93. The van der Waals surface area contributed by atoms with Gasteiger partial charge in [-0.3, -0.25) is 5.10 Å². The minimum absolute atomic E-state index is 0.240. The standard InChI is InChI=1S/C14H13ClN4S/c1-8-3-9(2)5-10(4-8)7-20-13-11-6-16-19-12(11)17-14(15)18-13/h3-6H,7H2,1-2H3,(H,16,17,18,19). The highest BCUT2D eigenvalue weighted by Gasteiger charge is 2.09. The topological polar surface area (TPSA) is 54.5 Å². The van der Waals surface area contributed by atoms with Crippen molar-refractivity contribution in [3.8, 4) is 0 Å². The van der Waals surface area contributed by atoms with Crippen LogP contribution in [-0.4, -0.2) is 20.2 Å². The molecule has 3 rings (SSSR count). The molecular formula is C14H13ClN4S. The molecule has 0 atom stereocenters. The Kier molecular flexibility index (Phi) is 3.63. The Balaban J connectivity index is 1.88. The monoisotopic (exact) mass is 304 g/mol. The zero-order chi connectivity index (χ0) is 14.1. The highest BCUT2D eigenvalue weighted by molar-refractivity contribution is 7.98. The second kappa shape index (κ2) is 5.42. The Morgan fingerprint density at radius 1 is 1.15 bits per heavy atom. The van der Waals surface area contributed by atoms with Crippen LogP contribution >= 0.6 is 23.4 Å². The third kappa shape index (κ3) is 2.78. The van der Waals surface area contributed by atoms with E-state index >= 15 is 0 Å². The third-order valence-electron chi connectivity index (χ3n) is 2.90. The summed E-state index contributed by atoms with van der Waals surface area (Å²) in [5.41, 5.74) is 4.50. The summed E-state index contributed by atoms with van der Waals surface area (Å²) in [5.74, 6) is 0.843. The van der Waals surface area contributed by atoms with Gasteiger partial charge in [0.25, 0.3) is 0 Å². The quantitative estimate of drug-likeness (QED) is 0.453. The molecule has 0 unspecified atom stereocenters. The van der Waals surface area contributed by atoms with Crippen LogP contribution in [0.1, 0.15) is 16.7 Å². The molecule has 0 aliphatic rings. The van der Waals surface area contributed by atoms with Gasteiger partial charge in [0, 0.05) is 5.75 Å². The molecule has 2 heterocycles. The molecule has 0 saturated heterocycles. The van der Waals surface area contributed by atoms with Gasteiger partial charge in [-0.05, 0) is 31.0 Å². The van der Waals surface area contributed by atoms with Gasteiger partial charge >= 0.3 is 0 Å². The molecule has 1 N–H and O–H groups in total. The van der Waals surface area contributed by atoms with Crippen molar-refractivity contribution in [2.45, 2.75) is 24.6 Å². The summed E-state index contributed by atoms with van der Waals surface area (Å²) in [6.07, 6.45) is 1.73. The van der Waals surface area contributed by atoms with E-state index in [9.17, 15) is 0 Å². The fourth-order valence-corrected chi connectivity index (χ4v) is 3.34. The van der Waals surface area contributed by atoms with Gasteiger partial charge in [-0.15, -0.1) is 11.8 Å². The summed E-state index contributed by atoms with van der Waals surface area (Å²) < 4.78 is 0. The van der Waals surface area contributed by atoms with Gasteiger partial charge in [0.05, 0.1) is 11.6 Å². The number of thioether (sulfide) groups is 1. The van der Waals surface area contributed by atoms with Gasteiger partial charge in [-0.2, -0.15) is 10.1 Å². The lowest BCUT2D eigenvalue weighted by Gasteiger charge is -2.05. The molecule has 0 bridgehead atoms. The minimum Gasteiger partial charge on any atom is -0.261 e. The fourth-order valence-electron chi connectivity index (χ4n) is 2.20. The summed E-state index contributed by atoms with van der Waals surface area (Å²) in [6, 6.07) is 6.55. The van der Waals surface area contributed by atoms with Crippen LogP contribution in [0.2, 0.25) is 5.28 Å². The molecule has 3 aromatic rings. The summed E-state index contributed by atoms with van der Waals surface area (Å²) in [7, 11) is 0. The van der Waals surface area contributed by atoms with E-state index in [-0.39, 0.29) is 5.28 Å². The van der Waals surface area contributed by atoms with Gasteiger partial charge < -0.3 is 0 Å². The van der Waals surface area contributed by atoms with Crippen molar-refractivity contribution >= 4 is 34.4 Å². The third-order valence-corrected chi connectivity index (χ3v) is 4.14. The number of hydrogen-bond acceptors (Lipinski definition) is 4. The van der Waals surface area contributed by atoms with Crippen LogP contribution in [-0.2, 0) is 5.75 Å². The average molecular weight is 305 g/mol. The van der Waals surface area contributed by atoms with Crippen molar-refractivity contribution in [3.63, 3.8) is 0 Å². The van der Waals surface area contributed by atoms with E-state index in [1.807, 2.05) is 0 Å². The number of halogens is 1. The number of aromatic amines is 1. The van der Waals surface area contributed by atoms with Crippen LogP contribution in [0.3, 0.4) is 0 Å². The molecule has 2 aromatic heterocycles. The molecule has 0 aliphatic carbocycles. The van der Waals surface area contributed by atoms with Crippen LogP contribution in [0, 0.1) is 13.8 Å². The predicted octanol–water partition coefficient (Wildman–Crippen LogP) is 3.92. The number of nitrogens with one attached hydrogen (secondary N) is 1. The second-order valence-electron chi connectivity index (χ2n) is 4.71. The molecule has 1 aromatic carbocycles. The van der Waals surface area contributed by atoms with Gasteiger partial charge in [0.15, 0.2) is 5.65 Å². The number of H-pyrrole nitrogens is 1. The van der Waals surface area contributed by atoms with Gasteiger partial charge in [0.2, 0.25) is 5.28 Å². The first kappa shape index (κ1) is 13.4. The van der Waals surface area contributed by atoms with Crippen LogP contribution in [0.4, 0.5) is 0 Å². The van der Waals surface area contributed by atoms with Crippen molar-refractivity contribution in [2.75, 3.05) is 0 Å². The fraction of sp³-hybridized carbons (Fsp3) is 0.214. The first-order valence-corrected chi connectivity index (χ1v) is 7.55. The zero-order valence-electron chi connectivity index (χ0n) is 11.1. The molecule has 0 spiro atoms. The van der Waals surface area contributed by atoms with E-state index in [1.165, 1.54) is 16.7 Å². The molecule has 102 valence electrons. The first-order chi connectivity index (χ1) is 9.61. The number of fused-ring (bicyclic) bond motifs is 1. The van der Waals surface area contributed by atoms with Crippen molar-refractivity contribution in [1.82, 2.24) is 20.2 Å². The maximum Gasteiger partial charge on any atom is 0.225 e. The van der Waals surface area contributed by atoms with Gasteiger partial charge in [-0.25, -0.2) is 4.98 Å². The van der Waals surface area contributed by atoms with Crippen LogP contribution in [0.5, 0.6) is 0 Å². The van der Waals surface area contributed by atoms with Crippen molar-refractivity contribution in [1.29, 1.82) is 0 Å². The van der Waals surface area contributed by atoms with Gasteiger partial charge in [0.1, 0.15) is 5.03 Å². The molecule has 0 saturated carbocycles. The van der Waals surface area contributed by atoms with E-state index in [0.717, 1.165) is 16.2 Å². The van der Waals surface area contributed by atoms with E-state index in [4.69, 9.17) is 11.6 Å². The lowest BCUT2D eigenvalue weighted by Crippen LogP contribution is -1.90. The molecule has 6 heteroatoms. The molecule has 0 fully saturated rings. The molecular weight excluding hydrogens is 292 g/mol. The first-order valence-electron chi connectivity index (χ1n) is 6.18. The van der Waals surface area contributed by atoms with Crippen LogP contribution in [0.15, 0.2) is 29.4 Å². The van der Waals surface area contributed by atoms with Gasteiger partial charge in [-0.1, -0.05) is 29.3 Å². The molecule has 0 radical (unpaired) electrons. The summed E-state index contributed by atoms with van der Waals surface area (Å²) in [6.45, 7) is 4.22. The number of benzene rings is 1. The highest BCUT2D eigenvalue weighted by atomic mass is 35.5. The SMILES string of the molecule is Cc1cc(C)cc(CSc2nc(Cl)nc3[nH]ncc23)c1. The number of hydrogen-bond donors (Lipinski definition) is 1. The maximum absolute atomic E-state index is 5.93. The zero-order valence-corrected chi connectivity index (χ0v) is 12.7. The Bertz CT molecular complexity index is 749. The summed E-state index contributed by atoms with van der Waals surface area (Å²) >= 11 is 7.57. The lowest BCUT2D eigenvalue weighted by atomic mass is 10.1. The van der Waals surface area contributed by atoms with E-state index in [0.29, 0.717) is 5.65 Å². The normalized spacial score (nSPS) is 11.2. The van der Waals surface area contributed by atoms with Crippen LogP contribution < -0.4 is 0 Å². The number of rotatable bonds is 3. The van der Waals surface area contributed by atoms with E-state index in [1.54, 1.807) is 18.0 Å². The minimum atomic E-state index is 0.240. The molecule has 4 nitrogen and oxygen atoms in total. The Morgan fingerprint density at radius 3 is 2.65 bits per heavy atom. The predicted molar refractivity (Wildman–Crippen MR) is 82.2 cm³/mol. The van der Waals surface area contributed by atoms with Crippen LogP contribution in [0.25, 0.3) is 11.0 Å². The largest absolute Gasteiger partial charge is 0.261 e. The van der Waals surface area contributed by atoms with E-state index < -0.39 is 0 Å². The van der Waals surface area contributed by atoms with Crippen molar-refractivity contribution in [2.24, 2.45) is 0 Å². The number of aryl methyl sites for hydroxylation is 2. The highest BCUT2D eigenvalue weighted by Crippen LogP contribution is 2.28. The molecule has 0 amide bonds. The molecule has 0 aliphatic heterocycles. The number of aromatic nitrogens is 4. The number of nitrogens with zero attached hydrogens (tertiary/aromatic N) is 3. The Labute approximate surface area is 126 Å². The van der Waals surface area contributed by atoms with Crippen molar-refractivity contribution in [3.05, 3.63) is 46.4 Å². The van der Waals surface area contributed by atoms with E-state index in [2.05, 4.69) is 52.2 Å². The second-order valence-corrected chi connectivity index (χ2v) is 6.02. The lowest BCUT2D eigenvalue weighted by molar-refractivity contribution is 1.07. The Morgan fingerprint density at radius 2 is 1.90 bits per heavy atom. The average Bonchev–Trinajstić information content (AvgIpc) is 2.82. The summed E-state index contributed by atoms with van der Waals surface area (Å²) in [4.78, 5) is 8.39.